The lowest BCUT2D eigenvalue weighted by molar-refractivity contribution is 0.194. The molecule has 2 aliphatic rings. The molecule has 1 atom stereocenters. The highest BCUT2D eigenvalue weighted by Gasteiger charge is 2.17. The van der Waals surface area contributed by atoms with Crippen LogP contribution in [0.2, 0.25) is 0 Å². The molecule has 2 heterocycles. The molecule has 0 aromatic heterocycles. The molecular formula is C13H26N2S. The van der Waals surface area contributed by atoms with Crippen LogP contribution in [0, 0.1) is 5.92 Å². The molecule has 1 N–H and O–H groups in total. The van der Waals surface area contributed by atoms with Gasteiger partial charge in [0.25, 0.3) is 0 Å². The summed E-state index contributed by atoms with van der Waals surface area (Å²) in [5.41, 5.74) is 0. The number of hydrogen-bond acceptors (Lipinski definition) is 3. The first-order valence-corrected chi connectivity index (χ1v) is 7.94. The molecule has 0 aromatic rings. The first-order chi connectivity index (χ1) is 7.84. The topological polar surface area (TPSA) is 15.3 Å². The quantitative estimate of drug-likeness (QED) is 0.814. The highest BCUT2D eigenvalue weighted by atomic mass is 32.2. The van der Waals surface area contributed by atoms with Crippen LogP contribution in [0.25, 0.3) is 0 Å². The second kappa shape index (κ2) is 6.87. The SMILES string of the molecule is CC1CCCN(CCSC2CCNCC2)C1. The maximum Gasteiger partial charge on any atom is 0.00726 e. The number of likely N-dealkylation sites (tertiary alicyclic amines) is 1. The molecule has 2 fully saturated rings. The van der Waals surface area contributed by atoms with E-state index in [9.17, 15) is 0 Å². The second-order valence-electron chi connectivity index (χ2n) is 5.37. The molecule has 2 nitrogen and oxygen atoms in total. The standard InChI is InChI=1S/C13H26N2S/c1-12-3-2-8-15(11-12)9-10-16-13-4-6-14-7-5-13/h12-14H,2-11H2,1H3. The lowest BCUT2D eigenvalue weighted by atomic mass is 10.0. The van der Waals surface area contributed by atoms with E-state index < -0.39 is 0 Å². The van der Waals surface area contributed by atoms with Gasteiger partial charge in [-0.05, 0) is 51.2 Å². The Morgan fingerprint density at radius 1 is 1.25 bits per heavy atom. The van der Waals surface area contributed by atoms with E-state index in [2.05, 4.69) is 28.9 Å². The molecule has 0 bridgehead atoms. The van der Waals surface area contributed by atoms with E-state index in [1.54, 1.807) is 0 Å². The molecule has 2 saturated heterocycles. The molecule has 94 valence electrons. The zero-order valence-electron chi connectivity index (χ0n) is 10.6. The monoisotopic (exact) mass is 242 g/mol. The Hall–Kier alpha value is 0.270. The van der Waals surface area contributed by atoms with E-state index in [0.29, 0.717) is 0 Å². The second-order valence-corrected chi connectivity index (χ2v) is 6.78. The van der Waals surface area contributed by atoms with Crippen LogP contribution in [0.5, 0.6) is 0 Å². The maximum absolute atomic E-state index is 3.44. The van der Waals surface area contributed by atoms with Gasteiger partial charge in [-0.2, -0.15) is 11.8 Å². The molecule has 3 heteroatoms. The van der Waals surface area contributed by atoms with Crippen molar-refractivity contribution in [2.24, 2.45) is 5.92 Å². The Bertz CT molecular complexity index is 192. The smallest absolute Gasteiger partial charge is 0.00726 e. The maximum atomic E-state index is 3.44. The van der Waals surface area contributed by atoms with Crippen molar-refractivity contribution in [3.05, 3.63) is 0 Å². The van der Waals surface area contributed by atoms with Gasteiger partial charge in [-0.1, -0.05) is 6.92 Å². The first-order valence-electron chi connectivity index (χ1n) is 6.89. The molecule has 2 aliphatic heterocycles. The minimum Gasteiger partial charge on any atom is -0.317 e. The third kappa shape index (κ3) is 4.27. The Balaban J connectivity index is 1.56. The molecule has 0 saturated carbocycles. The van der Waals surface area contributed by atoms with Gasteiger partial charge in [0.05, 0.1) is 0 Å². The summed E-state index contributed by atoms with van der Waals surface area (Å²) in [5.74, 6) is 2.27. The molecular weight excluding hydrogens is 216 g/mol. The molecule has 0 amide bonds. The Morgan fingerprint density at radius 3 is 2.81 bits per heavy atom. The van der Waals surface area contributed by atoms with Crippen molar-refractivity contribution in [3.8, 4) is 0 Å². The summed E-state index contributed by atoms with van der Waals surface area (Å²) in [5, 5.41) is 4.37. The minimum atomic E-state index is 0.928. The average Bonchev–Trinajstić information content (AvgIpc) is 2.30. The lowest BCUT2D eigenvalue weighted by Crippen LogP contribution is -2.36. The molecule has 0 aromatic carbocycles. The van der Waals surface area contributed by atoms with E-state index in [1.807, 2.05) is 0 Å². The van der Waals surface area contributed by atoms with Gasteiger partial charge in [0.1, 0.15) is 0 Å². The van der Waals surface area contributed by atoms with Crippen LogP contribution < -0.4 is 5.32 Å². The lowest BCUT2D eigenvalue weighted by Gasteiger charge is -2.31. The van der Waals surface area contributed by atoms with Gasteiger partial charge >= 0.3 is 0 Å². The van der Waals surface area contributed by atoms with Crippen molar-refractivity contribution in [1.82, 2.24) is 10.2 Å². The Morgan fingerprint density at radius 2 is 2.06 bits per heavy atom. The van der Waals surface area contributed by atoms with Gasteiger partial charge in [-0.15, -0.1) is 0 Å². The summed E-state index contributed by atoms with van der Waals surface area (Å²) in [4.78, 5) is 2.67. The third-order valence-electron chi connectivity index (χ3n) is 3.79. The van der Waals surface area contributed by atoms with E-state index in [-0.39, 0.29) is 0 Å². The van der Waals surface area contributed by atoms with E-state index in [4.69, 9.17) is 0 Å². The van der Waals surface area contributed by atoms with Crippen LogP contribution in [0.15, 0.2) is 0 Å². The first kappa shape index (κ1) is 12.7. The zero-order valence-corrected chi connectivity index (χ0v) is 11.4. The number of piperidine rings is 2. The highest BCUT2D eigenvalue weighted by molar-refractivity contribution is 7.99. The van der Waals surface area contributed by atoms with Gasteiger partial charge in [0.15, 0.2) is 0 Å². The summed E-state index contributed by atoms with van der Waals surface area (Å²) in [6, 6.07) is 0. The van der Waals surface area contributed by atoms with Crippen LogP contribution in [0.4, 0.5) is 0 Å². The largest absolute Gasteiger partial charge is 0.317 e. The number of nitrogens with zero attached hydrogens (tertiary/aromatic N) is 1. The van der Waals surface area contributed by atoms with Gasteiger partial charge in [0, 0.05) is 24.1 Å². The fourth-order valence-corrected chi connectivity index (χ4v) is 4.07. The summed E-state index contributed by atoms with van der Waals surface area (Å²) >= 11 is 2.21. The van der Waals surface area contributed by atoms with E-state index in [1.165, 1.54) is 64.2 Å². The summed E-state index contributed by atoms with van der Waals surface area (Å²) in [7, 11) is 0. The van der Waals surface area contributed by atoms with Crippen molar-refractivity contribution < 1.29 is 0 Å². The molecule has 2 rings (SSSR count). The molecule has 0 radical (unpaired) electrons. The molecule has 0 aliphatic carbocycles. The van der Waals surface area contributed by atoms with Gasteiger partial charge in [0.2, 0.25) is 0 Å². The third-order valence-corrected chi connectivity index (χ3v) is 5.15. The molecule has 0 spiro atoms. The van der Waals surface area contributed by atoms with Crippen molar-refractivity contribution in [2.45, 2.75) is 37.9 Å². The number of nitrogens with one attached hydrogen (secondary N) is 1. The van der Waals surface area contributed by atoms with Crippen LogP contribution in [0.1, 0.15) is 32.6 Å². The summed E-state index contributed by atoms with van der Waals surface area (Å²) in [6.07, 6.45) is 5.61. The summed E-state index contributed by atoms with van der Waals surface area (Å²) < 4.78 is 0. The highest BCUT2D eigenvalue weighted by Crippen LogP contribution is 2.21. The van der Waals surface area contributed by atoms with Gasteiger partial charge < -0.3 is 10.2 Å². The van der Waals surface area contributed by atoms with Crippen LogP contribution in [-0.2, 0) is 0 Å². The summed E-state index contributed by atoms with van der Waals surface area (Å²) in [6.45, 7) is 8.87. The fourth-order valence-electron chi connectivity index (χ4n) is 2.80. The molecule has 1 unspecified atom stereocenters. The predicted octanol–water partition coefficient (Wildman–Crippen LogP) is 2.20. The molecule has 16 heavy (non-hydrogen) atoms. The number of thioether (sulfide) groups is 1. The van der Waals surface area contributed by atoms with E-state index >= 15 is 0 Å². The number of hydrogen-bond donors (Lipinski definition) is 1. The van der Waals surface area contributed by atoms with Gasteiger partial charge in [-0.3, -0.25) is 0 Å². The van der Waals surface area contributed by atoms with Crippen molar-refractivity contribution in [3.63, 3.8) is 0 Å². The predicted molar refractivity (Wildman–Crippen MR) is 73.2 cm³/mol. The van der Waals surface area contributed by atoms with Crippen LogP contribution >= 0.6 is 11.8 Å². The van der Waals surface area contributed by atoms with E-state index in [0.717, 1.165) is 11.2 Å². The van der Waals surface area contributed by atoms with Gasteiger partial charge in [-0.25, -0.2) is 0 Å². The Kier molecular flexibility index (Phi) is 5.46. The van der Waals surface area contributed by atoms with Crippen molar-refractivity contribution in [1.29, 1.82) is 0 Å². The van der Waals surface area contributed by atoms with Crippen LogP contribution in [-0.4, -0.2) is 48.6 Å². The zero-order chi connectivity index (χ0) is 11.2. The van der Waals surface area contributed by atoms with Crippen LogP contribution in [0.3, 0.4) is 0 Å². The Labute approximate surface area is 105 Å². The van der Waals surface area contributed by atoms with Crippen molar-refractivity contribution in [2.75, 3.05) is 38.5 Å². The minimum absolute atomic E-state index is 0.928. The fraction of sp³-hybridized carbons (Fsp3) is 1.00. The number of rotatable bonds is 4. The normalized spacial score (nSPS) is 29.4. The van der Waals surface area contributed by atoms with Crippen molar-refractivity contribution >= 4 is 11.8 Å². The average molecular weight is 242 g/mol.